The van der Waals surface area contributed by atoms with E-state index in [0.717, 1.165) is 5.69 Å². The molecule has 6 heteroatoms. The van der Waals surface area contributed by atoms with E-state index in [1.165, 1.54) is 22.5 Å². The highest BCUT2D eigenvalue weighted by molar-refractivity contribution is 6.99. The van der Waals surface area contributed by atoms with Crippen LogP contribution in [0.3, 0.4) is 0 Å². The summed E-state index contributed by atoms with van der Waals surface area (Å²) in [6.07, 6.45) is 0. The van der Waals surface area contributed by atoms with Gasteiger partial charge in [-0.1, -0.05) is 81.4 Å². The van der Waals surface area contributed by atoms with Crippen LogP contribution in [0.4, 0.5) is 15.8 Å². The van der Waals surface area contributed by atoms with Crippen LogP contribution in [0.25, 0.3) is 0 Å². The molecule has 3 N–H and O–H groups in total. The van der Waals surface area contributed by atoms with Crippen molar-refractivity contribution < 1.29 is 13.6 Å². The quantitative estimate of drug-likeness (QED) is 0.163. The van der Waals surface area contributed by atoms with E-state index in [2.05, 4.69) is 74.6 Å². The van der Waals surface area contributed by atoms with Crippen LogP contribution in [-0.2, 0) is 4.43 Å². The van der Waals surface area contributed by atoms with Crippen LogP contribution >= 0.6 is 0 Å². The molecule has 186 valence electrons. The lowest BCUT2D eigenvalue weighted by atomic mass is 10.2. The van der Waals surface area contributed by atoms with E-state index in [4.69, 9.17) is 14.9 Å². The van der Waals surface area contributed by atoms with Crippen LogP contribution in [-0.4, -0.2) is 21.5 Å². The van der Waals surface area contributed by atoms with Gasteiger partial charge in [-0.15, -0.1) is 0 Å². The molecule has 0 atom stereocenters. The van der Waals surface area contributed by atoms with Gasteiger partial charge in [-0.2, -0.15) is 0 Å². The van der Waals surface area contributed by atoms with Crippen LogP contribution in [0, 0.1) is 5.82 Å². The van der Waals surface area contributed by atoms with Crippen molar-refractivity contribution in [2.24, 2.45) is 0 Å². The van der Waals surface area contributed by atoms with Gasteiger partial charge < -0.3 is 20.2 Å². The molecule has 0 aliphatic rings. The predicted molar refractivity (Wildman–Crippen MR) is 149 cm³/mol. The van der Waals surface area contributed by atoms with Crippen LogP contribution in [0.15, 0.2) is 103 Å². The Balaban J connectivity index is 1.52. The number of rotatable bonds is 9. The largest absolute Gasteiger partial charge is 0.457 e. The van der Waals surface area contributed by atoms with Crippen LogP contribution < -0.4 is 26.2 Å². The molecular formula is C30H33FN2O2Si. The van der Waals surface area contributed by atoms with E-state index < -0.39 is 8.32 Å². The summed E-state index contributed by atoms with van der Waals surface area (Å²) in [6, 6.07) is 32.5. The maximum absolute atomic E-state index is 13.2. The second kappa shape index (κ2) is 11.0. The molecule has 0 saturated heterocycles. The molecule has 4 rings (SSSR count). The topological polar surface area (TPSA) is 56.5 Å². The van der Waals surface area contributed by atoms with Gasteiger partial charge in [0.1, 0.15) is 17.3 Å². The van der Waals surface area contributed by atoms with Crippen LogP contribution in [0.5, 0.6) is 11.5 Å². The minimum absolute atomic E-state index is 0.0857. The Morgan fingerprint density at radius 1 is 0.778 bits per heavy atom. The van der Waals surface area contributed by atoms with Gasteiger partial charge in [0.05, 0.1) is 18.0 Å². The summed E-state index contributed by atoms with van der Waals surface area (Å²) in [6.45, 7) is 7.88. The van der Waals surface area contributed by atoms with E-state index in [1.54, 1.807) is 24.3 Å². The van der Waals surface area contributed by atoms with E-state index in [-0.39, 0.29) is 10.9 Å². The zero-order valence-corrected chi connectivity index (χ0v) is 22.0. The third-order valence-electron chi connectivity index (χ3n) is 6.23. The number of halogens is 1. The van der Waals surface area contributed by atoms with Crippen LogP contribution in [0.1, 0.15) is 20.8 Å². The number of nitrogens with one attached hydrogen (secondary N) is 1. The first-order valence-electron chi connectivity index (χ1n) is 12.1. The lowest BCUT2D eigenvalue weighted by Gasteiger charge is -2.43. The van der Waals surface area contributed by atoms with E-state index in [0.29, 0.717) is 30.3 Å². The fourth-order valence-corrected chi connectivity index (χ4v) is 9.11. The number of nitrogen functional groups attached to an aromatic ring is 1. The zero-order chi connectivity index (χ0) is 25.6. The standard InChI is InChI=1S/C30H33FN2O2Si/c1-30(2,3)36(26-10-6-4-7-11-26,27-12-8-5-9-13-27)34-21-20-33-29-22-25(18-19-28(29)32)35-24-16-14-23(31)15-17-24/h4-19,22,33H,20-21,32H2,1-3H3. The molecule has 4 aromatic carbocycles. The Kier molecular flexibility index (Phi) is 7.77. The third-order valence-corrected chi connectivity index (χ3v) is 11.3. The molecule has 0 aliphatic heterocycles. The van der Waals surface area contributed by atoms with Crippen molar-refractivity contribution in [2.75, 3.05) is 24.2 Å². The monoisotopic (exact) mass is 500 g/mol. The Morgan fingerprint density at radius 3 is 1.89 bits per heavy atom. The maximum atomic E-state index is 13.2. The molecule has 0 aliphatic carbocycles. The molecule has 0 bridgehead atoms. The molecule has 36 heavy (non-hydrogen) atoms. The first-order chi connectivity index (χ1) is 17.3. The van der Waals surface area contributed by atoms with Gasteiger partial charge in [0.25, 0.3) is 8.32 Å². The summed E-state index contributed by atoms with van der Waals surface area (Å²) < 4.78 is 26.0. The van der Waals surface area contributed by atoms with Gasteiger partial charge in [-0.05, 0) is 51.8 Å². The molecule has 0 saturated carbocycles. The summed E-state index contributed by atoms with van der Waals surface area (Å²) in [5.74, 6) is 0.872. The summed E-state index contributed by atoms with van der Waals surface area (Å²) in [4.78, 5) is 0. The molecular weight excluding hydrogens is 467 g/mol. The van der Waals surface area contributed by atoms with Crippen molar-refractivity contribution in [3.8, 4) is 11.5 Å². The molecule has 0 fully saturated rings. The molecule has 0 spiro atoms. The highest BCUT2D eigenvalue weighted by Gasteiger charge is 2.49. The van der Waals surface area contributed by atoms with Gasteiger partial charge in [0.2, 0.25) is 0 Å². The molecule has 4 nitrogen and oxygen atoms in total. The molecule has 0 heterocycles. The second-order valence-electron chi connectivity index (χ2n) is 9.74. The van der Waals surface area contributed by atoms with Gasteiger partial charge >= 0.3 is 0 Å². The average molecular weight is 501 g/mol. The molecule has 4 aromatic rings. The summed E-state index contributed by atoms with van der Waals surface area (Å²) in [5, 5.41) is 5.82. The minimum atomic E-state index is -2.59. The van der Waals surface area contributed by atoms with Crippen molar-refractivity contribution in [1.29, 1.82) is 0 Å². The third kappa shape index (κ3) is 5.61. The Morgan fingerprint density at radius 2 is 1.33 bits per heavy atom. The highest BCUT2D eigenvalue weighted by Crippen LogP contribution is 2.36. The normalized spacial score (nSPS) is 11.8. The van der Waals surface area contributed by atoms with Crippen molar-refractivity contribution in [1.82, 2.24) is 0 Å². The Labute approximate surface area is 214 Å². The van der Waals surface area contributed by atoms with Gasteiger partial charge in [-0.25, -0.2) is 4.39 Å². The number of nitrogens with two attached hydrogens (primary N) is 1. The predicted octanol–water partition coefficient (Wildman–Crippen LogP) is 6.19. The van der Waals surface area contributed by atoms with Crippen molar-refractivity contribution in [3.63, 3.8) is 0 Å². The lowest BCUT2D eigenvalue weighted by Crippen LogP contribution is -2.66. The second-order valence-corrected chi connectivity index (χ2v) is 14.0. The van der Waals surface area contributed by atoms with E-state index >= 15 is 0 Å². The fraction of sp³-hybridized carbons (Fsp3) is 0.200. The molecule has 0 unspecified atom stereocenters. The van der Waals surface area contributed by atoms with Crippen molar-refractivity contribution in [2.45, 2.75) is 25.8 Å². The zero-order valence-electron chi connectivity index (χ0n) is 21.0. The van der Waals surface area contributed by atoms with Crippen LogP contribution in [0.2, 0.25) is 5.04 Å². The molecule has 0 aromatic heterocycles. The molecule has 0 amide bonds. The molecule has 0 radical (unpaired) electrons. The summed E-state index contributed by atoms with van der Waals surface area (Å²) in [7, 11) is -2.59. The number of hydrogen-bond acceptors (Lipinski definition) is 4. The lowest BCUT2D eigenvalue weighted by molar-refractivity contribution is 0.312. The number of anilines is 2. The SMILES string of the molecule is CC(C)(C)[Si](OCCNc1cc(Oc2ccc(F)cc2)ccc1N)(c1ccccc1)c1ccccc1. The number of benzene rings is 4. The summed E-state index contributed by atoms with van der Waals surface area (Å²) in [5.41, 5.74) is 7.60. The number of hydrogen-bond donors (Lipinski definition) is 2. The first kappa shape index (κ1) is 25.5. The highest BCUT2D eigenvalue weighted by atomic mass is 28.4. The Bertz CT molecular complexity index is 1220. The van der Waals surface area contributed by atoms with Crippen molar-refractivity contribution in [3.05, 3.63) is 109 Å². The average Bonchev–Trinajstić information content (AvgIpc) is 2.87. The van der Waals surface area contributed by atoms with Crippen molar-refractivity contribution >= 4 is 30.1 Å². The number of ether oxygens (including phenoxy) is 1. The van der Waals surface area contributed by atoms with E-state index in [1.807, 2.05) is 18.2 Å². The van der Waals surface area contributed by atoms with Gasteiger partial charge in [-0.3, -0.25) is 0 Å². The van der Waals surface area contributed by atoms with Gasteiger partial charge in [0, 0.05) is 12.6 Å². The van der Waals surface area contributed by atoms with E-state index in [9.17, 15) is 4.39 Å². The maximum Gasteiger partial charge on any atom is 0.261 e. The first-order valence-corrected chi connectivity index (χ1v) is 14.0. The fourth-order valence-electron chi connectivity index (χ4n) is 4.54. The minimum Gasteiger partial charge on any atom is -0.457 e. The Hall–Kier alpha value is -3.61. The van der Waals surface area contributed by atoms with Gasteiger partial charge in [0.15, 0.2) is 0 Å². The summed E-state index contributed by atoms with van der Waals surface area (Å²) >= 11 is 0. The smallest absolute Gasteiger partial charge is 0.261 e.